The number of alkyl halides is 3. The number of amides is 1. The third kappa shape index (κ3) is 5.10. The summed E-state index contributed by atoms with van der Waals surface area (Å²) in [6.45, 7) is 0. The second-order valence-corrected chi connectivity index (χ2v) is 9.91. The van der Waals surface area contributed by atoms with Crippen molar-refractivity contribution in [2.45, 2.75) is 17.1 Å². The van der Waals surface area contributed by atoms with E-state index in [2.05, 4.69) is 15.5 Å². The highest BCUT2D eigenvalue weighted by Crippen LogP contribution is 2.36. The Kier molecular flexibility index (Phi) is 6.60. The first-order valence-electron chi connectivity index (χ1n) is 10.6. The second-order valence-electron chi connectivity index (χ2n) is 8.35. The smallest absolute Gasteiger partial charge is 0.324 e. The minimum Gasteiger partial charge on any atom is -0.324 e. The highest BCUT2D eigenvalue weighted by molar-refractivity contribution is 7.89. The molecule has 36 heavy (non-hydrogen) atoms. The van der Waals surface area contributed by atoms with Crippen molar-refractivity contribution in [3.05, 3.63) is 77.9 Å². The molecule has 188 valence electrons. The highest BCUT2D eigenvalue weighted by atomic mass is 32.2. The first-order chi connectivity index (χ1) is 16.9. The minimum absolute atomic E-state index is 0.0854. The van der Waals surface area contributed by atoms with Gasteiger partial charge in [-0.25, -0.2) is 13.6 Å². The molecule has 0 aliphatic carbocycles. The lowest BCUT2D eigenvalue weighted by Gasteiger charge is -2.26. The fourth-order valence-corrected chi connectivity index (χ4v) is 4.55. The summed E-state index contributed by atoms with van der Waals surface area (Å²) in [6.07, 6.45) is -4.62. The van der Waals surface area contributed by atoms with E-state index < -0.39 is 33.7 Å². The maximum atomic E-state index is 13.6. The van der Waals surface area contributed by atoms with Gasteiger partial charge in [0.05, 0.1) is 16.0 Å². The van der Waals surface area contributed by atoms with Crippen LogP contribution in [0.4, 0.5) is 18.9 Å². The molecule has 4 N–H and O–H groups in total. The molecule has 0 aliphatic heterocycles. The molecule has 0 fully saturated rings. The van der Waals surface area contributed by atoms with Crippen molar-refractivity contribution >= 4 is 32.5 Å². The molecule has 0 saturated carbocycles. The number of sulfonamides is 1. The Morgan fingerprint density at radius 2 is 1.78 bits per heavy atom. The van der Waals surface area contributed by atoms with Gasteiger partial charge in [0, 0.05) is 16.6 Å². The monoisotopic (exact) mass is 517 g/mol. The Bertz CT molecular complexity index is 1550. The number of hydrogen-bond donors (Lipinski definition) is 3. The molecular formula is C24H22F3N5O3S. The van der Waals surface area contributed by atoms with E-state index >= 15 is 0 Å². The molecule has 3 aromatic carbocycles. The van der Waals surface area contributed by atoms with Crippen molar-refractivity contribution in [2.24, 2.45) is 5.14 Å². The van der Waals surface area contributed by atoms with Crippen LogP contribution in [0.2, 0.25) is 0 Å². The van der Waals surface area contributed by atoms with Crippen LogP contribution in [-0.2, 0) is 21.0 Å². The van der Waals surface area contributed by atoms with Crippen LogP contribution in [-0.4, -0.2) is 43.5 Å². The first kappa shape index (κ1) is 25.4. The van der Waals surface area contributed by atoms with Crippen molar-refractivity contribution in [3.63, 3.8) is 0 Å². The van der Waals surface area contributed by atoms with Gasteiger partial charge < -0.3 is 5.32 Å². The van der Waals surface area contributed by atoms with Crippen molar-refractivity contribution in [2.75, 3.05) is 19.4 Å². The molecule has 12 heteroatoms. The minimum atomic E-state index is -4.62. The highest BCUT2D eigenvalue weighted by Gasteiger charge is 2.37. The number of benzene rings is 3. The van der Waals surface area contributed by atoms with E-state index in [-0.39, 0.29) is 10.5 Å². The number of anilines is 1. The lowest BCUT2D eigenvalue weighted by molar-refractivity contribution is -0.139. The number of primary sulfonamides is 1. The van der Waals surface area contributed by atoms with Crippen LogP contribution in [0.15, 0.2) is 71.6 Å². The number of carbonyl (C=O) groups excluding carboxylic acids is 1. The lowest BCUT2D eigenvalue weighted by atomic mass is 9.98. The van der Waals surface area contributed by atoms with Crippen LogP contribution in [0.25, 0.3) is 22.2 Å². The van der Waals surface area contributed by atoms with Crippen molar-refractivity contribution in [1.29, 1.82) is 0 Å². The number of rotatable bonds is 6. The molecule has 1 atom stereocenters. The summed E-state index contributed by atoms with van der Waals surface area (Å²) in [5, 5.41) is 15.6. The lowest BCUT2D eigenvalue weighted by Crippen LogP contribution is -2.33. The van der Waals surface area contributed by atoms with Gasteiger partial charge in [0.25, 0.3) is 0 Å². The Hall–Kier alpha value is -3.74. The number of carbonyl (C=O) groups is 1. The zero-order valence-electron chi connectivity index (χ0n) is 19.2. The number of H-pyrrole nitrogens is 1. The van der Waals surface area contributed by atoms with Crippen LogP contribution in [0.5, 0.6) is 0 Å². The molecule has 1 aromatic heterocycles. The molecule has 0 spiro atoms. The van der Waals surface area contributed by atoms with E-state index in [0.29, 0.717) is 27.8 Å². The van der Waals surface area contributed by atoms with Crippen LogP contribution in [0.3, 0.4) is 0 Å². The third-order valence-electron chi connectivity index (χ3n) is 5.59. The number of nitrogens with zero attached hydrogens (tertiary/aromatic N) is 2. The SMILES string of the molecule is CN(C)C(C(=O)Nc1ccc2[nH]nc(-c3cccc(S(N)(=O)=O)c3)c2c1)c1ccccc1C(F)(F)F. The van der Waals surface area contributed by atoms with E-state index in [9.17, 15) is 26.4 Å². The fourth-order valence-electron chi connectivity index (χ4n) is 3.99. The quantitative estimate of drug-likeness (QED) is 0.355. The molecule has 0 saturated heterocycles. The Morgan fingerprint density at radius 1 is 1.06 bits per heavy atom. The Balaban J connectivity index is 1.70. The molecule has 8 nitrogen and oxygen atoms in total. The predicted octanol–water partition coefficient (Wildman–Crippen LogP) is 4.14. The molecule has 0 radical (unpaired) electrons. The molecule has 1 heterocycles. The van der Waals surface area contributed by atoms with Gasteiger partial charge >= 0.3 is 6.18 Å². The summed E-state index contributed by atoms with van der Waals surface area (Å²) in [5.41, 5.74) is 0.767. The number of aromatic nitrogens is 2. The first-order valence-corrected chi connectivity index (χ1v) is 12.2. The summed E-state index contributed by atoms with van der Waals surface area (Å²) in [6, 6.07) is 14.5. The van der Waals surface area contributed by atoms with Gasteiger partial charge in [-0.3, -0.25) is 14.8 Å². The van der Waals surface area contributed by atoms with E-state index in [4.69, 9.17) is 5.14 Å². The number of aromatic amines is 1. The zero-order chi connectivity index (χ0) is 26.3. The maximum Gasteiger partial charge on any atom is 0.416 e. The van der Waals surface area contributed by atoms with Crippen molar-refractivity contribution in [3.8, 4) is 11.3 Å². The van der Waals surface area contributed by atoms with Gasteiger partial charge in [0.2, 0.25) is 15.9 Å². The molecule has 1 unspecified atom stereocenters. The van der Waals surface area contributed by atoms with Gasteiger partial charge in [0.15, 0.2) is 0 Å². The summed E-state index contributed by atoms with van der Waals surface area (Å²) >= 11 is 0. The normalized spacial score (nSPS) is 13.2. The summed E-state index contributed by atoms with van der Waals surface area (Å²) in [7, 11) is -0.889. The maximum absolute atomic E-state index is 13.6. The molecule has 4 rings (SSSR count). The number of halogens is 3. The average Bonchev–Trinajstić information content (AvgIpc) is 3.21. The van der Waals surface area contributed by atoms with E-state index in [1.807, 2.05) is 0 Å². The van der Waals surface area contributed by atoms with Gasteiger partial charge in [-0.1, -0.05) is 30.3 Å². The van der Waals surface area contributed by atoms with Crippen molar-refractivity contribution < 1.29 is 26.4 Å². The van der Waals surface area contributed by atoms with Gasteiger partial charge in [0.1, 0.15) is 11.7 Å². The Morgan fingerprint density at radius 3 is 2.44 bits per heavy atom. The largest absolute Gasteiger partial charge is 0.416 e. The van der Waals surface area contributed by atoms with Crippen LogP contribution < -0.4 is 10.5 Å². The molecule has 0 bridgehead atoms. The summed E-state index contributed by atoms with van der Waals surface area (Å²) in [4.78, 5) is 14.5. The average molecular weight is 518 g/mol. The van der Waals surface area contributed by atoms with E-state index in [1.165, 1.54) is 55.4 Å². The van der Waals surface area contributed by atoms with Crippen molar-refractivity contribution in [1.82, 2.24) is 15.1 Å². The topological polar surface area (TPSA) is 121 Å². The zero-order valence-corrected chi connectivity index (χ0v) is 20.0. The molecule has 4 aromatic rings. The number of nitrogens with one attached hydrogen (secondary N) is 2. The van der Waals surface area contributed by atoms with Crippen LogP contribution in [0.1, 0.15) is 17.2 Å². The number of hydrogen-bond acceptors (Lipinski definition) is 5. The third-order valence-corrected chi connectivity index (χ3v) is 6.50. The summed E-state index contributed by atoms with van der Waals surface area (Å²) < 4.78 is 64.3. The number of likely N-dealkylation sites (N-methyl/N-ethyl adjacent to an activating group) is 1. The number of nitrogens with two attached hydrogens (primary N) is 1. The standard InChI is InChI=1S/C24H22F3N5O3S/c1-32(2)22(17-8-3-4-9-19(17)24(25,26)27)23(33)29-15-10-11-20-18(13-15)21(31-30-20)14-6-5-7-16(12-14)36(28,34)35/h3-13,22H,1-2H3,(H,29,33)(H,30,31)(H2,28,34,35). The fraction of sp³-hybridized carbons (Fsp3) is 0.167. The van der Waals surface area contributed by atoms with Gasteiger partial charge in [-0.2, -0.15) is 18.3 Å². The van der Waals surface area contributed by atoms with E-state index in [0.717, 1.165) is 6.07 Å². The second kappa shape index (κ2) is 9.37. The molecular weight excluding hydrogens is 495 g/mol. The molecule has 1 amide bonds. The molecule has 0 aliphatic rings. The van der Waals surface area contributed by atoms with Gasteiger partial charge in [-0.15, -0.1) is 0 Å². The van der Waals surface area contributed by atoms with E-state index in [1.54, 1.807) is 24.3 Å². The number of fused-ring (bicyclic) bond motifs is 1. The Labute approximate surface area is 205 Å². The predicted molar refractivity (Wildman–Crippen MR) is 129 cm³/mol. The van der Waals surface area contributed by atoms with Gasteiger partial charge in [-0.05, 0) is 56.1 Å². The van der Waals surface area contributed by atoms with Crippen LogP contribution >= 0.6 is 0 Å². The van der Waals surface area contributed by atoms with Crippen LogP contribution in [0, 0.1) is 0 Å². The summed E-state index contributed by atoms with van der Waals surface area (Å²) in [5.74, 6) is -0.655.